The topological polar surface area (TPSA) is 86.9 Å². The Labute approximate surface area is 153 Å². The normalized spacial score (nSPS) is 11.1. The molecule has 0 spiro atoms. The fourth-order valence-corrected chi connectivity index (χ4v) is 2.43. The standard InChI is InChI=1S/C19H16F2N4O2/c1-11(26)22-10-19(27)23-18-8-14-16(24-25-17(14)9-15(18)21)7-4-12-2-5-13(20)6-3-12/h2-9H,10H2,1H3,(H,22,26)(H,23,27)(H,24,25)/b7-4+. The molecule has 1 heterocycles. The summed E-state index contributed by atoms with van der Waals surface area (Å²) in [6.45, 7) is 1.03. The summed E-state index contributed by atoms with van der Waals surface area (Å²) >= 11 is 0. The minimum atomic E-state index is -0.628. The number of nitrogens with one attached hydrogen (secondary N) is 3. The van der Waals surface area contributed by atoms with E-state index < -0.39 is 11.7 Å². The Morgan fingerprint density at radius 3 is 2.59 bits per heavy atom. The summed E-state index contributed by atoms with van der Waals surface area (Å²) in [5.74, 6) is -1.86. The fourth-order valence-electron chi connectivity index (χ4n) is 2.43. The van der Waals surface area contributed by atoms with Crippen molar-refractivity contribution in [3.05, 3.63) is 59.3 Å². The minimum Gasteiger partial charge on any atom is -0.347 e. The van der Waals surface area contributed by atoms with E-state index in [-0.39, 0.29) is 24.0 Å². The first kappa shape index (κ1) is 18.2. The van der Waals surface area contributed by atoms with Gasteiger partial charge in [0, 0.05) is 18.4 Å². The Morgan fingerprint density at radius 2 is 1.89 bits per heavy atom. The number of benzene rings is 2. The predicted octanol–water partition coefficient (Wildman–Crippen LogP) is 3.09. The van der Waals surface area contributed by atoms with E-state index in [1.165, 1.54) is 31.2 Å². The van der Waals surface area contributed by atoms with E-state index in [1.807, 2.05) is 0 Å². The van der Waals surface area contributed by atoms with Crippen LogP contribution in [0.2, 0.25) is 0 Å². The Morgan fingerprint density at radius 1 is 1.15 bits per heavy atom. The van der Waals surface area contributed by atoms with Gasteiger partial charge in [0.15, 0.2) is 0 Å². The lowest BCUT2D eigenvalue weighted by molar-refractivity contribution is -0.122. The summed E-state index contributed by atoms with van der Waals surface area (Å²) in [5.41, 5.74) is 1.76. The van der Waals surface area contributed by atoms with Gasteiger partial charge >= 0.3 is 0 Å². The number of halogens is 2. The van der Waals surface area contributed by atoms with E-state index in [2.05, 4.69) is 20.8 Å². The van der Waals surface area contributed by atoms with Crippen LogP contribution in [-0.2, 0) is 9.59 Å². The van der Waals surface area contributed by atoms with Crippen LogP contribution in [0.1, 0.15) is 18.2 Å². The average molecular weight is 370 g/mol. The fraction of sp³-hybridized carbons (Fsp3) is 0.105. The second kappa shape index (κ2) is 7.77. The maximum atomic E-state index is 14.2. The summed E-state index contributed by atoms with van der Waals surface area (Å²) in [7, 11) is 0. The number of hydrogen-bond donors (Lipinski definition) is 3. The van der Waals surface area contributed by atoms with Crippen LogP contribution in [0.3, 0.4) is 0 Å². The van der Waals surface area contributed by atoms with Crippen molar-refractivity contribution >= 4 is 40.6 Å². The number of carbonyl (C=O) groups is 2. The number of aromatic amines is 1. The molecule has 0 aliphatic heterocycles. The summed E-state index contributed by atoms with van der Waals surface area (Å²) in [5, 5.41) is 12.2. The molecule has 0 aliphatic carbocycles. The van der Waals surface area contributed by atoms with Gasteiger partial charge in [0.2, 0.25) is 11.8 Å². The molecule has 0 saturated carbocycles. The van der Waals surface area contributed by atoms with Crippen molar-refractivity contribution < 1.29 is 18.4 Å². The zero-order valence-corrected chi connectivity index (χ0v) is 14.3. The van der Waals surface area contributed by atoms with Gasteiger partial charge in [-0.3, -0.25) is 14.7 Å². The highest BCUT2D eigenvalue weighted by molar-refractivity contribution is 5.98. The average Bonchev–Trinajstić information content (AvgIpc) is 3.01. The van der Waals surface area contributed by atoms with Gasteiger partial charge in [-0.2, -0.15) is 5.10 Å². The number of anilines is 1. The van der Waals surface area contributed by atoms with E-state index in [9.17, 15) is 18.4 Å². The van der Waals surface area contributed by atoms with Gasteiger partial charge in [-0.15, -0.1) is 0 Å². The molecule has 27 heavy (non-hydrogen) atoms. The third-order valence-electron chi connectivity index (χ3n) is 3.76. The van der Waals surface area contributed by atoms with Crippen molar-refractivity contribution in [2.75, 3.05) is 11.9 Å². The first-order valence-electron chi connectivity index (χ1n) is 8.08. The molecule has 138 valence electrons. The SMILES string of the molecule is CC(=O)NCC(=O)Nc1cc2c(/C=C/c3ccc(F)cc3)n[nH]c2cc1F. The maximum Gasteiger partial charge on any atom is 0.243 e. The number of fused-ring (bicyclic) bond motifs is 1. The van der Waals surface area contributed by atoms with Crippen LogP contribution in [-0.4, -0.2) is 28.6 Å². The number of aromatic nitrogens is 2. The van der Waals surface area contributed by atoms with Crippen molar-refractivity contribution in [2.24, 2.45) is 0 Å². The molecule has 0 bridgehead atoms. The molecule has 0 radical (unpaired) electrons. The van der Waals surface area contributed by atoms with Gasteiger partial charge in [0.05, 0.1) is 23.4 Å². The number of nitrogens with zero attached hydrogens (tertiary/aromatic N) is 1. The molecule has 0 atom stereocenters. The number of hydrogen-bond acceptors (Lipinski definition) is 3. The Hall–Kier alpha value is -3.55. The van der Waals surface area contributed by atoms with Gasteiger partial charge < -0.3 is 10.6 Å². The zero-order valence-electron chi connectivity index (χ0n) is 14.3. The molecule has 1 aromatic heterocycles. The second-order valence-electron chi connectivity index (χ2n) is 5.83. The summed E-state index contributed by atoms with van der Waals surface area (Å²) in [6.07, 6.45) is 3.44. The molecule has 3 aromatic rings. The first-order valence-corrected chi connectivity index (χ1v) is 8.08. The summed E-state index contributed by atoms with van der Waals surface area (Å²) < 4.78 is 27.1. The number of amides is 2. The van der Waals surface area contributed by atoms with Crippen molar-refractivity contribution in [1.82, 2.24) is 15.5 Å². The van der Waals surface area contributed by atoms with E-state index in [0.29, 0.717) is 16.6 Å². The molecule has 3 N–H and O–H groups in total. The van der Waals surface area contributed by atoms with Crippen molar-refractivity contribution in [3.8, 4) is 0 Å². The Bertz CT molecular complexity index is 1030. The molecule has 0 fully saturated rings. The molecule has 0 unspecified atom stereocenters. The molecule has 2 amide bonds. The number of carbonyl (C=O) groups excluding carboxylic acids is 2. The van der Waals surface area contributed by atoms with E-state index >= 15 is 0 Å². The maximum absolute atomic E-state index is 14.2. The van der Waals surface area contributed by atoms with Crippen molar-refractivity contribution in [3.63, 3.8) is 0 Å². The number of H-pyrrole nitrogens is 1. The quantitative estimate of drug-likeness (QED) is 0.645. The van der Waals surface area contributed by atoms with Crippen LogP contribution in [0.15, 0.2) is 36.4 Å². The van der Waals surface area contributed by atoms with Gasteiger partial charge in [-0.1, -0.05) is 18.2 Å². The van der Waals surface area contributed by atoms with Gasteiger partial charge in [-0.05, 0) is 29.8 Å². The van der Waals surface area contributed by atoms with Gasteiger partial charge in [0.1, 0.15) is 11.6 Å². The largest absolute Gasteiger partial charge is 0.347 e. The highest BCUT2D eigenvalue weighted by Gasteiger charge is 2.12. The van der Waals surface area contributed by atoms with E-state index in [0.717, 1.165) is 5.56 Å². The lowest BCUT2D eigenvalue weighted by Crippen LogP contribution is -2.31. The van der Waals surface area contributed by atoms with E-state index in [4.69, 9.17) is 0 Å². The lowest BCUT2D eigenvalue weighted by Gasteiger charge is -2.07. The Balaban J connectivity index is 1.84. The molecule has 8 heteroatoms. The summed E-state index contributed by atoms with van der Waals surface area (Å²) in [6, 6.07) is 8.62. The zero-order chi connectivity index (χ0) is 19.4. The van der Waals surface area contributed by atoms with Crippen LogP contribution in [0.5, 0.6) is 0 Å². The smallest absolute Gasteiger partial charge is 0.243 e. The Kier molecular flexibility index (Phi) is 5.25. The van der Waals surface area contributed by atoms with Crippen LogP contribution in [0, 0.1) is 11.6 Å². The molecule has 6 nitrogen and oxygen atoms in total. The first-order chi connectivity index (χ1) is 12.9. The van der Waals surface area contributed by atoms with Crippen LogP contribution >= 0.6 is 0 Å². The second-order valence-corrected chi connectivity index (χ2v) is 5.83. The number of rotatable bonds is 5. The van der Waals surface area contributed by atoms with Crippen molar-refractivity contribution in [2.45, 2.75) is 6.92 Å². The van der Waals surface area contributed by atoms with Crippen LogP contribution < -0.4 is 10.6 Å². The molecular formula is C19H16F2N4O2. The highest BCUT2D eigenvalue weighted by Crippen LogP contribution is 2.25. The lowest BCUT2D eigenvalue weighted by atomic mass is 10.1. The minimum absolute atomic E-state index is 0.0179. The highest BCUT2D eigenvalue weighted by atomic mass is 19.1. The molecule has 0 aliphatic rings. The predicted molar refractivity (Wildman–Crippen MR) is 98.7 cm³/mol. The van der Waals surface area contributed by atoms with Crippen molar-refractivity contribution in [1.29, 1.82) is 0 Å². The third kappa shape index (κ3) is 4.55. The summed E-state index contributed by atoms with van der Waals surface area (Å²) in [4.78, 5) is 22.7. The van der Waals surface area contributed by atoms with E-state index in [1.54, 1.807) is 24.3 Å². The monoisotopic (exact) mass is 370 g/mol. The molecular weight excluding hydrogens is 354 g/mol. The van der Waals surface area contributed by atoms with Gasteiger partial charge in [-0.25, -0.2) is 8.78 Å². The van der Waals surface area contributed by atoms with Crippen LogP contribution in [0.25, 0.3) is 23.1 Å². The molecule has 2 aromatic carbocycles. The third-order valence-corrected chi connectivity index (χ3v) is 3.76. The van der Waals surface area contributed by atoms with Crippen LogP contribution in [0.4, 0.5) is 14.5 Å². The van der Waals surface area contributed by atoms with Gasteiger partial charge in [0.25, 0.3) is 0 Å². The molecule has 3 rings (SSSR count). The molecule has 0 saturated heterocycles.